The molecule has 1 aromatic rings. The third-order valence-electron chi connectivity index (χ3n) is 3.80. The summed E-state index contributed by atoms with van der Waals surface area (Å²) in [5, 5.41) is 3.37. The van der Waals surface area contributed by atoms with Crippen LogP contribution < -0.4 is 16.6 Å². The van der Waals surface area contributed by atoms with Crippen molar-refractivity contribution in [3.63, 3.8) is 0 Å². The SMILES string of the molecule is CC1CCCC(CCNc2cccc(NN)n2)C1. The number of pyridine rings is 1. The maximum absolute atomic E-state index is 5.34. The standard InChI is InChI=1S/C14H24N4/c1-11-4-2-5-12(10-11)8-9-16-13-6-3-7-14(17-13)18-15/h3,6-7,11-12H,2,4-5,8-10,15H2,1H3,(H2,16,17,18). The minimum atomic E-state index is 0.700. The van der Waals surface area contributed by atoms with Crippen LogP contribution in [0.3, 0.4) is 0 Å². The number of rotatable bonds is 5. The van der Waals surface area contributed by atoms with Gasteiger partial charge in [-0.3, -0.25) is 0 Å². The van der Waals surface area contributed by atoms with Crippen LogP contribution in [0.2, 0.25) is 0 Å². The summed E-state index contributed by atoms with van der Waals surface area (Å²) in [7, 11) is 0. The molecule has 0 amide bonds. The summed E-state index contributed by atoms with van der Waals surface area (Å²) in [6.07, 6.45) is 6.84. The predicted molar refractivity (Wildman–Crippen MR) is 76.3 cm³/mol. The third-order valence-corrected chi connectivity index (χ3v) is 3.80. The Kier molecular flexibility index (Phi) is 4.81. The van der Waals surface area contributed by atoms with Gasteiger partial charge in [0.1, 0.15) is 11.6 Å². The van der Waals surface area contributed by atoms with Crippen LogP contribution in [0.4, 0.5) is 11.6 Å². The van der Waals surface area contributed by atoms with Crippen LogP contribution in [-0.2, 0) is 0 Å². The second kappa shape index (κ2) is 6.59. The summed E-state index contributed by atoms with van der Waals surface area (Å²) in [5.41, 5.74) is 2.56. The second-order valence-corrected chi connectivity index (χ2v) is 5.41. The van der Waals surface area contributed by atoms with Gasteiger partial charge in [0, 0.05) is 6.54 Å². The van der Waals surface area contributed by atoms with Gasteiger partial charge in [0.05, 0.1) is 0 Å². The molecule has 1 aromatic heterocycles. The van der Waals surface area contributed by atoms with E-state index in [0.717, 1.165) is 24.2 Å². The van der Waals surface area contributed by atoms with E-state index in [0.29, 0.717) is 5.82 Å². The summed E-state index contributed by atoms with van der Waals surface area (Å²) in [6, 6.07) is 5.78. The zero-order valence-corrected chi connectivity index (χ0v) is 11.2. The number of nitrogens with two attached hydrogens (primary N) is 1. The van der Waals surface area contributed by atoms with Crippen molar-refractivity contribution in [3.8, 4) is 0 Å². The molecule has 0 bridgehead atoms. The molecule has 18 heavy (non-hydrogen) atoms. The first kappa shape index (κ1) is 13.1. The van der Waals surface area contributed by atoms with Crippen LogP contribution in [0, 0.1) is 11.8 Å². The Bertz CT molecular complexity index is 367. The summed E-state index contributed by atoms with van der Waals surface area (Å²) in [4.78, 5) is 4.34. The van der Waals surface area contributed by atoms with E-state index in [4.69, 9.17) is 5.84 Å². The first-order valence-electron chi connectivity index (χ1n) is 6.95. The highest BCUT2D eigenvalue weighted by Gasteiger charge is 2.18. The van der Waals surface area contributed by atoms with Gasteiger partial charge >= 0.3 is 0 Å². The van der Waals surface area contributed by atoms with Crippen LogP contribution in [0.1, 0.15) is 39.0 Å². The highest BCUT2D eigenvalue weighted by atomic mass is 15.3. The average molecular weight is 248 g/mol. The van der Waals surface area contributed by atoms with Crippen molar-refractivity contribution < 1.29 is 0 Å². The van der Waals surface area contributed by atoms with Crippen molar-refractivity contribution >= 4 is 11.6 Å². The summed E-state index contributed by atoms with van der Waals surface area (Å²) < 4.78 is 0. The number of nitrogen functional groups attached to an aromatic ring is 1. The van der Waals surface area contributed by atoms with Gasteiger partial charge in [-0.25, -0.2) is 10.8 Å². The summed E-state index contributed by atoms with van der Waals surface area (Å²) in [5.74, 6) is 8.73. The van der Waals surface area contributed by atoms with E-state index in [-0.39, 0.29) is 0 Å². The topological polar surface area (TPSA) is 63.0 Å². The van der Waals surface area contributed by atoms with E-state index in [9.17, 15) is 0 Å². The number of aromatic nitrogens is 1. The Hall–Kier alpha value is -1.29. The molecule has 100 valence electrons. The lowest BCUT2D eigenvalue weighted by atomic mass is 9.81. The van der Waals surface area contributed by atoms with Crippen molar-refractivity contribution in [3.05, 3.63) is 18.2 Å². The van der Waals surface area contributed by atoms with Crippen molar-refractivity contribution in [2.45, 2.75) is 39.0 Å². The molecule has 2 rings (SSSR count). The average Bonchev–Trinajstić information content (AvgIpc) is 2.39. The number of nitrogens with zero attached hydrogens (tertiary/aromatic N) is 1. The molecule has 0 radical (unpaired) electrons. The third kappa shape index (κ3) is 3.88. The number of hydrogen-bond donors (Lipinski definition) is 3. The molecule has 0 aromatic carbocycles. The lowest BCUT2D eigenvalue weighted by Gasteiger charge is -2.26. The Balaban J connectivity index is 1.74. The van der Waals surface area contributed by atoms with Gasteiger partial charge in [-0.1, -0.05) is 32.3 Å². The predicted octanol–water partition coefficient (Wildman–Crippen LogP) is 3.00. The Labute approximate surface area is 109 Å². The van der Waals surface area contributed by atoms with Gasteiger partial charge in [-0.2, -0.15) is 0 Å². The Morgan fingerprint density at radius 1 is 1.33 bits per heavy atom. The minimum Gasteiger partial charge on any atom is -0.370 e. The molecule has 1 heterocycles. The van der Waals surface area contributed by atoms with E-state index >= 15 is 0 Å². The molecule has 1 saturated carbocycles. The van der Waals surface area contributed by atoms with Crippen molar-refractivity contribution in [2.75, 3.05) is 17.3 Å². The molecule has 4 nitrogen and oxygen atoms in total. The number of hydrogen-bond acceptors (Lipinski definition) is 4. The van der Waals surface area contributed by atoms with E-state index in [1.807, 2.05) is 18.2 Å². The number of hydrazine groups is 1. The van der Waals surface area contributed by atoms with E-state index in [1.165, 1.54) is 32.1 Å². The molecule has 0 aliphatic heterocycles. The molecule has 2 unspecified atom stereocenters. The quantitative estimate of drug-likeness (QED) is 0.553. The molecule has 1 aliphatic rings. The van der Waals surface area contributed by atoms with Gasteiger partial charge in [0.2, 0.25) is 0 Å². The normalized spacial score (nSPS) is 23.7. The van der Waals surface area contributed by atoms with Crippen LogP contribution in [0.5, 0.6) is 0 Å². The Morgan fingerprint density at radius 3 is 2.94 bits per heavy atom. The molecule has 1 aliphatic carbocycles. The Morgan fingerprint density at radius 2 is 2.17 bits per heavy atom. The zero-order chi connectivity index (χ0) is 12.8. The smallest absolute Gasteiger partial charge is 0.142 e. The van der Waals surface area contributed by atoms with Gasteiger partial charge < -0.3 is 10.7 Å². The minimum absolute atomic E-state index is 0.700. The van der Waals surface area contributed by atoms with Gasteiger partial charge in [-0.05, 0) is 36.8 Å². The van der Waals surface area contributed by atoms with Gasteiger partial charge in [0.25, 0.3) is 0 Å². The highest BCUT2D eigenvalue weighted by molar-refractivity contribution is 5.44. The second-order valence-electron chi connectivity index (χ2n) is 5.41. The van der Waals surface area contributed by atoms with Gasteiger partial charge in [-0.15, -0.1) is 0 Å². The fourth-order valence-electron chi connectivity index (χ4n) is 2.84. The first-order valence-corrected chi connectivity index (χ1v) is 6.95. The van der Waals surface area contributed by atoms with E-state index < -0.39 is 0 Å². The lowest BCUT2D eigenvalue weighted by Crippen LogP contribution is -2.17. The largest absolute Gasteiger partial charge is 0.370 e. The molecule has 4 heteroatoms. The molecule has 4 N–H and O–H groups in total. The fourth-order valence-corrected chi connectivity index (χ4v) is 2.84. The van der Waals surface area contributed by atoms with E-state index in [2.05, 4.69) is 22.7 Å². The van der Waals surface area contributed by atoms with Crippen molar-refractivity contribution in [1.29, 1.82) is 0 Å². The molecular formula is C14H24N4. The number of anilines is 2. The van der Waals surface area contributed by atoms with Crippen LogP contribution >= 0.6 is 0 Å². The maximum Gasteiger partial charge on any atom is 0.142 e. The lowest BCUT2D eigenvalue weighted by molar-refractivity contribution is 0.274. The monoisotopic (exact) mass is 248 g/mol. The molecule has 2 atom stereocenters. The van der Waals surface area contributed by atoms with E-state index in [1.54, 1.807) is 0 Å². The molecule has 0 spiro atoms. The van der Waals surface area contributed by atoms with Crippen molar-refractivity contribution in [2.24, 2.45) is 17.7 Å². The van der Waals surface area contributed by atoms with Crippen LogP contribution in [-0.4, -0.2) is 11.5 Å². The highest BCUT2D eigenvalue weighted by Crippen LogP contribution is 2.30. The molecular weight excluding hydrogens is 224 g/mol. The number of nitrogens with one attached hydrogen (secondary N) is 2. The maximum atomic E-state index is 5.34. The molecule has 1 fully saturated rings. The molecule has 0 saturated heterocycles. The zero-order valence-electron chi connectivity index (χ0n) is 11.2. The summed E-state index contributed by atoms with van der Waals surface area (Å²) >= 11 is 0. The van der Waals surface area contributed by atoms with Crippen LogP contribution in [0.15, 0.2) is 18.2 Å². The summed E-state index contributed by atoms with van der Waals surface area (Å²) in [6.45, 7) is 3.37. The van der Waals surface area contributed by atoms with Crippen LogP contribution in [0.25, 0.3) is 0 Å². The first-order chi connectivity index (χ1) is 8.78. The fraction of sp³-hybridized carbons (Fsp3) is 0.643. The van der Waals surface area contributed by atoms with Crippen molar-refractivity contribution in [1.82, 2.24) is 4.98 Å². The van der Waals surface area contributed by atoms with Gasteiger partial charge in [0.15, 0.2) is 0 Å².